The fraction of sp³-hybridized carbons (Fsp3) is 1.00. The molecule has 2 nitrogen and oxygen atoms in total. The minimum Gasteiger partial charge on any atom is -0.375 e. The van der Waals surface area contributed by atoms with Gasteiger partial charge in [-0.1, -0.05) is 27.2 Å². The molecule has 100 valence electrons. The van der Waals surface area contributed by atoms with Crippen LogP contribution in [0.4, 0.5) is 0 Å². The highest BCUT2D eigenvalue weighted by Crippen LogP contribution is 2.36. The zero-order valence-corrected chi connectivity index (χ0v) is 11.8. The standard InChI is InChI=1S/C15H29NO/c1-4-6-14-13(5-2)16-15(11-17-14)9-7-12(3)8-10-15/h12-14,16H,4-11H2,1-3H3. The summed E-state index contributed by atoms with van der Waals surface area (Å²) in [6.07, 6.45) is 9.44. The predicted octanol–water partition coefficient (Wildman–Crippen LogP) is 3.50. The van der Waals surface area contributed by atoms with Crippen LogP contribution in [0.25, 0.3) is 0 Å². The van der Waals surface area contributed by atoms with Crippen molar-refractivity contribution in [3.8, 4) is 0 Å². The van der Waals surface area contributed by atoms with Crippen LogP contribution in [0.5, 0.6) is 0 Å². The molecule has 2 unspecified atom stereocenters. The molecule has 2 atom stereocenters. The Balaban J connectivity index is 1.95. The topological polar surface area (TPSA) is 21.3 Å². The quantitative estimate of drug-likeness (QED) is 0.814. The predicted molar refractivity (Wildman–Crippen MR) is 72.2 cm³/mol. The van der Waals surface area contributed by atoms with Crippen molar-refractivity contribution < 1.29 is 4.74 Å². The van der Waals surface area contributed by atoms with E-state index in [-0.39, 0.29) is 0 Å². The summed E-state index contributed by atoms with van der Waals surface area (Å²) in [4.78, 5) is 0. The molecule has 1 saturated heterocycles. The monoisotopic (exact) mass is 239 g/mol. The van der Waals surface area contributed by atoms with Crippen molar-refractivity contribution in [2.45, 2.75) is 83.4 Å². The first-order valence-electron chi connectivity index (χ1n) is 7.58. The maximum Gasteiger partial charge on any atom is 0.0728 e. The molecule has 1 spiro atoms. The summed E-state index contributed by atoms with van der Waals surface area (Å²) in [5.41, 5.74) is 0.317. The van der Waals surface area contributed by atoms with Crippen molar-refractivity contribution >= 4 is 0 Å². The second-order valence-electron chi connectivity index (χ2n) is 6.26. The van der Waals surface area contributed by atoms with Gasteiger partial charge in [-0.05, 0) is 44.4 Å². The van der Waals surface area contributed by atoms with Crippen LogP contribution in [0, 0.1) is 5.92 Å². The number of rotatable bonds is 3. The first-order chi connectivity index (χ1) is 8.19. The van der Waals surface area contributed by atoms with E-state index in [2.05, 4.69) is 26.1 Å². The molecule has 2 aliphatic rings. The molecule has 1 aliphatic carbocycles. The Morgan fingerprint density at radius 2 is 1.94 bits per heavy atom. The molecule has 2 fully saturated rings. The second-order valence-corrected chi connectivity index (χ2v) is 6.26. The van der Waals surface area contributed by atoms with Crippen molar-refractivity contribution in [2.75, 3.05) is 6.61 Å². The Bertz CT molecular complexity index is 233. The molecule has 0 aromatic carbocycles. The SMILES string of the molecule is CCCC1OCC2(CCC(C)CC2)NC1CC. The summed E-state index contributed by atoms with van der Waals surface area (Å²) >= 11 is 0. The van der Waals surface area contributed by atoms with Crippen molar-refractivity contribution in [1.29, 1.82) is 0 Å². The van der Waals surface area contributed by atoms with Crippen molar-refractivity contribution in [3.05, 3.63) is 0 Å². The van der Waals surface area contributed by atoms with Gasteiger partial charge in [0.05, 0.1) is 12.7 Å². The van der Waals surface area contributed by atoms with Gasteiger partial charge >= 0.3 is 0 Å². The van der Waals surface area contributed by atoms with E-state index in [0.717, 1.165) is 12.5 Å². The average Bonchev–Trinajstić information content (AvgIpc) is 2.36. The molecule has 1 heterocycles. The first kappa shape index (κ1) is 13.4. The lowest BCUT2D eigenvalue weighted by Crippen LogP contribution is -2.63. The molecule has 1 saturated carbocycles. The maximum atomic E-state index is 6.19. The summed E-state index contributed by atoms with van der Waals surface area (Å²) < 4.78 is 6.19. The van der Waals surface area contributed by atoms with Crippen molar-refractivity contribution in [3.63, 3.8) is 0 Å². The summed E-state index contributed by atoms with van der Waals surface area (Å²) in [5, 5.41) is 3.95. The number of hydrogen-bond acceptors (Lipinski definition) is 2. The third-order valence-electron chi connectivity index (χ3n) is 4.76. The van der Waals surface area contributed by atoms with Gasteiger partial charge in [-0.3, -0.25) is 0 Å². The minimum atomic E-state index is 0.317. The zero-order chi connectivity index (χ0) is 12.3. The van der Waals surface area contributed by atoms with Crippen LogP contribution in [0.3, 0.4) is 0 Å². The van der Waals surface area contributed by atoms with E-state index in [0.29, 0.717) is 17.7 Å². The fourth-order valence-corrected chi connectivity index (χ4v) is 3.45. The lowest BCUT2D eigenvalue weighted by Gasteiger charge is -2.49. The van der Waals surface area contributed by atoms with E-state index in [9.17, 15) is 0 Å². The second kappa shape index (κ2) is 5.71. The third kappa shape index (κ3) is 3.03. The van der Waals surface area contributed by atoms with Gasteiger partial charge in [0.15, 0.2) is 0 Å². The van der Waals surface area contributed by atoms with Crippen LogP contribution in [-0.2, 0) is 4.74 Å². The molecule has 2 rings (SSSR count). The van der Waals surface area contributed by atoms with Crippen molar-refractivity contribution in [1.82, 2.24) is 5.32 Å². The maximum absolute atomic E-state index is 6.19. The molecule has 17 heavy (non-hydrogen) atoms. The molecule has 0 amide bonds. The van der Waals surface area contributed by atoms with Crippen LogP contribution in [0.15, 0.2) is 0 Å². The molecular weight excluding hydrogens is 210 g/mol. The molecule has 0 bridgehead atoms. The summed E-state index contributed by atoms with van der Waals surface area (Å²) in [5.74, 6) is 0.913. The smallest absolute Gasteiger partial charge is 0.0728 e. The van der Waals surface area contributed by atoms with Crippen LogP contribution in [0.1, 0.15) is 65.7 Å². The molecule has 2 heteroatoms. The van der Waals surface area contributed by atoms with E-state index in [1.807, 2.05) is 0 Å². The molecule has 0 aromatic heterocycles. The van der Waals surface area contributed by atoms with E-state index in [1.165, 1.54) is 44.9 Å². The number of morpholine rings is 1. The number of hydrogen-bond donors (Lipinski definition) is 1. The Labute approximate surface area is 107 Å². The van der Waals surface area contributed by atoms with E-state index < -0.39 is 0 Å². The number of nitrogens with one attached hydrogen (secondary N) is 1. The van der Waals surface area contributed by atoms with E-state index in [4.69, 9.17) is 4.74 Å². The van der Waals surface area contributed by atoms with Crippen molar-refractivity contribution in [2.24, 2.45) is 5.92 Å². The van der Waals surface area contributed by atoms with Crippen LogP contribution < -0.4 is 5.32 Å². The third-order valence-corrected chi connectivity index (χ3v) is 4.76. The highest BCUT2D eigenvalue weighted by atomic mass is 16.5. The fourth-order valence-electron chi connectivity index (χ4n) is 3.45. The first-order valence-corrected chi connectivity index (χ1v) is 7.58. The normalized spacial score (nSPS) is 42.9. The Hall–Kier alpha value is -0.0800. The number of ether oxygens (including phenoxy) is 1. The van der Waals surface area contributed by atoms with Gasteiger partial charge in [-0.15, -0.1) is 0 Å². The largest absolute Gasteiger partial charge is 0.375 e. The Morgan fingerprint density at radius 3 is 2.53 bits per heavy atom. The molecule has 0 radical (unpaired) electrons. The molecule has 1 N–H and O–H groups in total. The van der Waals surface area contributed by atoms with Gasteiger partial charge in [-0.2, -0.15) is 0 Å². The highest BCUT2D eigenvalue weighted by molar-refractivity contribution is 4.99. The van der Waals surface area contributed by atoms with E-state index in [1.54, 1.807) is 0 Å². The van der Waals surface area contributed by atoms with Crippen LogP contribution >= 0.6 is 0 Å². The lowest BCUT2D eigenvalue weighted by atomic mass is 9.76. The Kier molecular flexibility index (Phi) is 4.48. The summed E-state index contributed by atoms with van der Waals surface area (Å²) in [7, 11) is 0. The lowest BCUT2D eigenvalue weighted by molar-refractivity contribution is -0.0803. The van der Waals surface area contributed by atoms with Gasteiger partial charge in [0, 0.05) is 11.6 Å². The zero-order valence-electron chi connectivity index (χ0n) is 11.8. The van der Waals surface area contributed by atoms with E-state index >= 15 is 0 Å². The van der Waals surface area contributed by atoms with Crippen LogP contribution in [-0.4, -0.2) is 24.3 Å². The van der Waals surface area contributed by atoms with Crippen LogP contribution in [0.2, 0.25) is 0 Å². The minimum absolute atomic E-state index is 0.317. The Morgan fingerprint density at radius 1 is 1.24 bits per heavy atom. The average molecular weight is 239 g/mol. The summed E-state index contributed by atoms with van der Waals surface area (Å²) in [6.45, 7) is 7.87. The molecule has 0 aromatic rings. The van der Waals surface area contributed by atoms with Gasteiger partial charge in [-0.25, -0.2) is 0 Å². The van der Waals surface area contributed by atoms with Gasteiger partial charge in [0.25, 0.3) is 0 Å². The summed E-state index contributed by atoms with van der Waals surface area (Å²) in [6, 6.07) is 0.581. The van der Waals surface area contributed by atoms with Gasteiger partial charge in [0.2, 0.25) is 0 Å². The van der Waals surface area contributed by atoms with Gasteiger partial charge < -0.3 is 10.1 Å². The van der Waals surface area contributed by atoms with Gasteiger partial charge in [0.1, 0.15) is 0 Å². The molecule has 1 aliphatic heterocycles. The highest BCUT2D eigenvalue weighted by Gasteiger charge is 2.41. The molecular formula is C15H29NO.